The molecular weight excluding hydrogens is 460 g/mol. The first-order chi connectivity index (χ1) is 16.9. The van der Waals surface area contributed by atoms with E-state index >= 15 is 0 Å². The summed E-state index contributed by atoms with van der Waals surface area (Å²) in [6.07, 6.45) is 6.29. The van der Waals surface area contributed by atoms with Crippen molar-refractivity contribution in [2.75, 3.05) is 6.61 Å². The summed E-state index contributed by atoms with van der Waals surface area (Å²) in [6, 6.07) is 0. The number of carbonyl (C=O) groups excluding carboxylic acids is 1. The lowest BCUT2D eigenvalue weighted by Crippen LogP contribution is -2.63. The third kappa shape index (κ3) is 2.89. The molecule has 2 saturated heterocycles. The molecule has 2 aliphatic heterocycles. The normalized spacial score (nSPS) is 52.2. The van der Waals surface area contributed by atoms with Gasteiger partial charge in [-0.3, -0.25) is 4.79 Å². The predicted molar refractivity (Wildman–Crippen MR) is 131 cm³/mol. The summed E-state index contributed by atoms with van der Waals surface area (Å²) in [4.78, 5) is 26.7. The number of carbonyl (C=O) groups is 2. The van der Waals surface area contributed by atoms with Crippen LogP contribution in [0.3, 0.4) is 0 Å². The monoisotopic (exact) mass is 502 g/mol. The van der Waals surface area contributed by atoms with Gasteiger partial charge in [0.05, 0.1) is 24.2 Å². The van der Waals surface area contributed by atoms with Gasteiger partial charge in [-0.05, 0) is 69.6 Å². The average Bonchev–Trinajstić information content (AvgIpc) is 3.47. The van der Waals surface area contributed by atoms with Crippen molar-refractivity contribution in [3.63, 3.8) is 0 Å². The Morgan fingerprint density at radius 1 is 1.22 bits per heavy atom. The second-order valence-electron chi connectivity index (χ2n) is 13.4. The zero-order valence-corrected chi connectivity index (χ0v) is 22.5. The van der Waals surface area contributed by atoms with Gasteiger partial charge in [-0.2, -0.15) is 0 Å². The molecular formula is C29H42O7. The zero-order valence-electron chi connectivity index (χ0n) is 22.5. The van der Waals surface area contributed by atoms with Gasteiger partial charge >= 0.3 is 5.97 Å². The number of fused-ring (bicyclic) bond motifs is 3. The van der Waals surface area contributed by atoms with E-state index in [1.807, 2.05) is 20.8 Å². The molecule has 1 N–H and O–H groups in total. The van der Waals surface area contributed by atoms with Crippen LogP contribution in [0.15, 0.2) is 11.6 Å². The van der Waals surface area contributed by atoms with E-state index in [0.717, 1.165) is 31.1 Å². The van der Waals surface area contributed by atoms with Gasteiger partial charge in [0, 0.05) is 11.8 Å². The van der Waals surface area contributed by atoms with Crippen molar-refractivity contribution in [2.24, 2.45) is 45.8 Å². The number of rotatable bonds is 6. The van der Waals surface area contributed by atoms with Gasteiger partial charge in [-0.1, -0.05) is 38.8 Å². The topological polar surface area (TPSA) is 91.3 Å². The summed E-state index contributed by atoms with van der Waals surface area (Å²) in [5.41, 5.74) is -1.79. The third-order valence-electron chi connectivity index (χ3n) is 11.1. The molecule has 200 valence electrons. The van der Waals surface area contributed by atoms with Gasteiger partial charge in [0.25, 0.3) is 0 Å². The van der Waals surface area contributed by atoms with Crippen LogP contribution in [0, 0.1) is 45.8 Å². The number of hydrogen-bond acceptors (Lipinski definition) is 6. The average molecular weight is 503 g/mol. The summed E-state index contributed by atoms with van der Waals surface area (Å²) in [7, 11) is 0. The Morgan fingerprint density at radius 3 is 2.64 bits per heavy atom. The Balaban J connectivity index is 1.37. The first kappa shape index (κ1) is 25.0. The van der Waals surface area contributed by atoms with Crippen molar-refractivity contribution in [2.45, 2.75) is 104 Å². The van der Waals surface area contributed by atoms with E-state index in [0.29, 0.717) is 24.7 Å². The Morgan fingerprint density at radius 2 is 1.97 bits per heavy atom. The van der Waals surface area contributed by atoms with Crippen LogP contribution in [0.25, 0.3) is 0 Å². The van der Waals surface area contributed by atoms with E-state index in [4.69, 9.17) is 18.9 Å². The van der Waals surface area contributed by atoms with E-state index in [1.54, 1.807) is 0 Å². The van der Waals surface area contributed by atoms with E-state index in [9.17, 15) is 14.7 Å². The third-order valence-corrected chi connectivity index (χ3v) is 11.1. The highest BCUT2D eigenvalue weighted by Gasteiger charge is 2.84. The van der Waals surface area contributed by atoms with Crippen LogP contribution in [0.4, 0.5) is 0 Å². The lowest BCUT2D eigenvalue weighted by Gasteiger charge is -2.58. The second kappa shape index (κ2) is 7.87. The number of hydrogen-bond donors (Lipinski definition) is 1. The second-order valence-corrected chi connectivity index (χ2v) is 13.4. The van der Waals surface area contributed by atoms with Gasteiger partial charge in [-0.15, -0.1) is 0 Å². The summed E-state index contributed by atoms with van der Waals surface area (Å²) in [6.45, 7) is 12.5. The molecule has 0 radical (unpaired) electrons. The Kier molecular flexibility index (Phi) is 5.47. The fourth-order valence-electron chi connectivity index (χ4n) is 9.99. The van der Waals surface area contributed by atoms with Crippen molar-refractivity contribution in [1.29, 1.82) is 0 Å². The lowest BCUT2D eigenvalue weighted by atomic mass is 9.43. The van der Waals surface area contributed by atoms with Crippen LogP contribution in [0.2, 0.25) is 0 Å². The highest BCUT2D eigenvalue weighted by Crippen LogP contribution is 2.82. The smallest absolute Gasteiger partial charge is 0.315 e. The first-order valence-corrected chi connectivity index (χ1v) is 14.0. The van der Waals surface area contributed by atoms with Gasteiger partial charge in [0.15, 0.2) is 12.1 Å². The molecule has 11 atom stereocenters. The Labute approximate surface area is 214 Å². The Bertz CT molecular complexity index is 988. The van der Waals surface area contributed by atoms with Crippen LogP contribution >= 0.6 is 0 Å². The lowest BCUT2D eigenvalue weighted by molar-refractivity contribution is -0.248. The maximum absolute atomic E-state index is 13.6. The maximum Gasteiger partial charge on any atom is 0.315 e. The predicted octanol–water partition coefficient (Wildman–Crippen LogP) is 4.58. The van der Waals surface area contributed by atoms with E-state index < -0.39 is 34.3 Å². The molecule has 7 nitrogen and oxygen atoms in total. The fraction of sp³-hybridized carbons (Fsp3) is 0.862. The minimum absolute atomic E-state index is 0.0211. The van der Waals surface area contributed by atoms with Crippen molar-refractivity contribution < 1.29 is 33.6 Å². The molecule has 4 aliphatic carbocycles. The van der Waals surface area contributed by atoms with Crippen LogP contribution in [0.1, 0.15) is 73.6 Å². The first-order valence-electron chi connectivity index (χ1n) is 14.0. The molecule has 5 unspecified atom stereocenters. The number of allylic oxidation sites excluding steroid dienone is 1. The number of carboxylic acid groups (broad SMARTS) is 1. The van der Waals surface area contributed by atoms with Crippen molar-refractivity contribution in [1.82, 2.24) is 0 Å². The number of aliphatic carboxylic acids is 1. The molecule has 0 aromatic rings. The molecule has 6 aliphatic rings. The van der Waals surface area contributed by atoms with Crippen LogP contribution in [-0.4, -0.2) is 54.4 Å². The SMILES string of the molecule is CC(C)C1=CC2CC3(C=O)[C@@H]4CC[C@@H](C)[C@H]4CC2(COC2C[C@@H]4OC(C)(C)O[C@@H]4[C@@H](C)O2)C13C(=O)O. The number of aldehydes is 1. The summed E-state index contributed by atoms with van der Waals surface area (Å²) in [5.74, 6) is -0.471. The van der Waals surface area contributed by atoms with Gasteiger partial charge in [-0.25, -0.2) is 0 Å². The van der Waals surface area contributed by atoms with Crippen LogP contribution in [0.5, 0.6) is 0 Å². The van der Waals surface area contributed by atoms with Crippen molar-refractivity contribution in [3.05, 3.63) is 11.6 Å². The maximum atomic E-state index is 13.6. The van der Waals surface area contributed by atoms with E-state index in [2.05, 4.69) is 26.8 Å². The quantitative estimate of drug-likeness (QED) is 0.420. The fourth-order valence-corrected chi connectivity index (χ4v) is 9.99. The highest BCUT2D eigenvalue weighted by atomic mass is 16.8. The van der Waals surface area contributed by atoms with Crippen LogP contribution in [-0.2, 0) is 28.5 Å². The van der Waals surface area contributed by atoms with Crippen molar-refractivity contribution in [3.8, 4) is 0 Å². The zero-order chi connectivity index (χ0) is 25.8. The minimum atomic E-state index is -1.22. The molecule has 6 rings (SSSR count). The van der Waals surface area contributed by atoms with Crippen LogP contribution < -0.4 is 0 Å². The molecule has 7 heteroatoms. The molecule has 5 fully saturated rings. The molecule has 3 saturated carbocycles. The number of ether oxygens (including phenoxy) is 4. The Hall–Kier alpha value is -1.28. The van der Waals surface area contributed by atoms with Crippen molar-refractivity contribution >= 4 is 12.3 Å². The highest BCUT2D eigenvalue weighted by molar-refractivity contribution is 5.90. The molecule has 0 aromatic carbocycles. The standard InChI is InChI=1S/C29H42O7/c1-15(2)21-9-18-11-27(13-30)20-8-7-16(3)19(20)12-28(18,29(21,27)25(31)32)14-33-23-10-22-24(17(4)34-23)36-26(5,6)35-22/h9,13,15-20,22-24H,7-8,10-12,14H2,1-6H3,(H,31,32)/t16-,17-,18?,19-,20-,22+,23?,24-,27?,28?,29?/m1/s1. The van der Waals surface area contributed by atoms with Gasteiger partial charge in [0.2, 0.25) is 0 Å². The minimum Gasteiger partial charge on any atom is -0.481 e. The largest absolute Gasteiger partial charge is 0.481 e. The van der Waals surface area contributed by atoms with Gasteiger partial charge < -0.3 is 28.8 Å². The summed E-state index contributed by atoms with van der Waals surface area (Å²) in [5, 5.41) is 11.1. The summed E-state index contributed by atoms with van der Waals surface area (Å²) < 4.78 is 25.0. The number of carboxylic acids is 1. The van der Waals surface area contributed by atoms with E-state index in [-0.39, 0.29) is 42.7 Å². The molecule has 2 heterocycles. The summed E-state index contributed by atoms with van der Waals surface area (Å²) >= 11 is 0. The molecule has 4 bridgehead atoms. The molecule has 36 heavy (non-hydrogen) atoms. The van der Waals surface area contributed by atoms with Gasteiger partial charge in [0.1, 0.15) is 17.8 Å². The van der Waals surface area contributed by atoms with E-state index in [1.165, 1.54) is 0 Å². The molecule has 0 amide bonds. The molecule has 0 aromatic heterocycles. The molecule has 0 spiro atoms.